The number of nitrogens with zero attached hydrogens (tertiary/aromatic N) is 5. The molecule has 4 heterocycles. The van der Waals surface area contributed by atoms with Gasteiger partial charge < -0.3 is 14.8 Å². The normalized spacial score (nSPS) is 15.3. The molecule has 40 heavy (non-hydrogen) atoms. The molecule has 1 atom stereocenters. The van der Waals surface area contributed by atoms with E-state index in [2.05, 4.69) is 25.5 Å². The van der Waals surface area contributed by atoms with Crippen LogP contribution in [0.25, 0.3) is 28.0 Å². The van der Waals surface area contributed by atoms with Crippen molar-refractivity contribution in [1.82, 2.24) is 24.8 Å². The van der Waals surface area contributed by atoms with Crippen LogP contribution in [0.5, 0.6) is 11.5 Å². The maximum Gasteiger partial charge on any atom is 0.428 e. The number of anilines is 2. The number of halogens is 6. The van der Waals surface area contributed by atoms with Crippen molar-refractivity contribution in [2.45, 2.75) is 18.5 Å². The molecule has 0 spiro atoms. The first-order valence-electron chi connectivity index (χ1n) is 11.7. The Morgan fingerprint density at radius 3 is 2.55 bits per heavy atom. The van der Waals surface area contributed by atoms with Crippen LogP contribution in [0.15, 0.2) is 73.1 Å². The zero-order chi connectivity index (χ0) is 28.1. The summed E-state index contributed by atoms with van der Waals surface area (Å²) in [6, 6.07) is 14.0. The van der Waals surface area contributed by atoms with Crippen molar-refractivity contribution in [3.05, 3.63) is 78.6 Å². The highest BCUT2D eigenvalue weighted by Crippen LogP contribution is 2.40. The van der Waals surface area contributed by atoms with Gasteiger partial charge in [0.2, 0.25) is 12.1 Å². The Labute approximate surface area is 221 Å². The zero-order valence-electron chi connectivity index (χ0n) is 20.0. The smallest absolute Gasteiger partial charge is 0.428 e. The second-order valence-electron chi connectivity index (χ2n) is 8.71. The Morgan fingerprint density at radius 1 is 0.900 bits per heavy atom. The third-order valence-corrected chi connectivity index (χ3v) is 6.02. The molecule has 3 aromatic heterocycles. The number of benzene rings is 2. The highest BCUT2D eigenvalue weighted by molar-refractivity contribution is 5.90. The Hall–Kier alpha value is -4.88. The minimum atomic E-state index is -4.60. The number of hydrogen-bond donors (Lipinski definition) is 1. The molecule has 204 valence electrons. The average Bonchev–Trinajstić information content (AvgIpc) is 3.32. The van der Waals surface area contributed by atoms with Crippen LogP contribution in [0.2, 0.25) is 0 Å². The van der Waals surface area contributed by atoms with E-state index in [0.29, 0.717) is 22.5 Å². The summed E-state index contributed by atoms with van der Waals surface area (Å²) in [5.74, 6) is 0.125. The fourth-order valence-electron chi connectivity index (χ4n) is 4.19. The van der Waals surface area contributed by atoms with Gasteiger partial charge in [0, 0.05) is 29.7 Å². The number of aromatic nitrogens is 5. The van der Waals surface area contributed by atoms with Crippen molar-refractivity contribution >= 4 is 17.2 Å². The summed E-state index contributed by atoms with van der Waals surface area (Å²) >= 11 is 0. The summed E-state index contributed by atoms with van der Waals surface area (Å²) in [5.41, 5.74) is 1.12. The van der Waals surface area contributed by atoms with Gasteiger partial charge in [-0.1, -0.05) is 12.1 Å². The van der Waals surface area contributed by atoms with Crippen LogP contribution in [0.1, 0.15) is 5.56 Å². The van der Waals surface area contributed by atoms with E-state index in [-0.39, 0.29) is 28.7 Å². The fourth-order valence-corrected chi connectivity index (χ4v) is 4.19. The maximum atomic E-state index is 13.4. The van der Waals surface area contributed by atoms with Gasteiger partial charge in [0.05, 0.1) is 22.3 Å². The Balaban J connectivity index is 1.37. The number of ether oxygens (including phenoxy) is 2. The first-order valence-corrected chi connectivity index (χ1v) is 11.7. The molecule has 0 amide bonds. The summed E-state index contributed by atoms with van der Waals surface area (Å²) in [4.78, 5) is 8.68. The Bertz CT molecular complexity index is 1720. The van der Waals surface area contributed by atoms with E-state index < -0.39 is 30.6 Å². The third-order valence-electron chi connectivity index (χ3n) is 6.02. The molecule has 0 saturated heterocycles. The molecule has 1 unspecified atom stereocenters. The lowest BCUT2D eigenvalue weighted by Gasteiger charge is -2.28. The minimum Gasteiger partial charge on any atom is -0.485 e. The first-order chi connectivity index (χ1) is 19.1. The molecule has 8 nitrogen and oxygen atoms in total. The largest absolute Gasteiger partial charge is 0.485 e. The van der Waals surface area contributed by atoms with Crippen molar-refractivity contribution in [3.8, 4) is 34.0 Å². The molecule has 0 bridgehead atoms. The van der Waals surface area contributed by atoms with E-state index in [1.54, 1.807) is 24.3 Å². The van der Waals surface area contributed by atoms with Crippen LogP contribution >= 0.6 is 0 Å². The number of alkyl halides is 6. The lowest BCUT2D eigenvalue weighted by atomic mass is 10.0. The van der Waals surface area contributed by atoms with Gasteiger partial charge in [0.1, 0.15) is 12.3 Å². The molecule has 6 rings (SSSR count). The second kappa shape index (κ2) is 9.39. The van der Waals surface area contributed by atoms with E-state index in [1.807, 2.05) is 0 Å². The van der Waals surface area contributed by atoms with Crippen molar-refractivity contribution in [2.24, 2.45) is 0 Å². The molecule has 5 aromatic rings. The van der Waals surface area contributed by atoms with E-state index in [0.717, 1.165) is 12.1 Å². The molecule has 1 aliphatic rings. The van der Waals surface area contributed by atoms with Gasteiger partial charge >= 0.3 is 12.4 Å². The molecule has 1 N–H and O–H groups in total. The van der Waals surface area contributed by atoms with Gasteiger partial charge in [-0.05, 0) is 42.5 Å². The van der Waals surface area contributed by atoms with Crippen LogP contribution in [-0.2, 0) is 6.18 Å². The first kappa shape index (κ1) is 25.4. The number of nitrogens with one attached hydrogen (secondary N) is 1. The molecule has 1 aliphatic heterocycles. The third kappa shape index (κ3) is 4.83. The predicted molar refractivity (Wildman–Crippen MR) is 130 cm³/mol. The van der Waals surface area contributed by atoms with Gasteiger partial charge in [-0.3, -0.25) is 0 Å². The van der Waals surface area contributed by atoms with Gasteiger partial charge in [-0.15, -0.1) is 5.10 Å². The SMILES string of the molecule is FC(F)(F)c1cccc(-c2nn3ncccc3c2-c2ccnc(Nc3ccc4c(c3)OC(C(F)(F)F)CO4)n2)c1. The van der Waals surface area contributed by atoms with Gasteiger partial charge in [0.15, 0.2) is 11.5 Å². The van der Waals surface area contributed by atoms with Crippen LogP contribution in [0.4, 0.5) is 38.0 Å². The molecule has 0 fully saturated rings. The fraction of sp³-hybridized carbons (Fsp3) is 0.154. The van der Waals surface area contributed by atoms with Crippen molar-refractivity contribution in [2.75, 3.05) is 11.9 Å². The van der Waals surface area contributed by atoms with Gasteiger partial charge in [-0.25, -0.2) is 9.97 Å². The summed E-state index contributed by atoms with van der Waals surface area (Å²) < 4.78 is 91.1. The van der Waals surface area contributed by atoms with Crippen LogP contribution in [-0.4, -0.2) is 43.7 Å². The quantitative estimate of drug-likeness (QED) is 0.259. The average molecular weight is 558 g/mol. The second-order valence-corrected chi connectivity index (χ2v) is 8.71. The lowest BCUT2D eigenvalue weighted by Crippen LogP contribution is -2.41. The summed E-state index contributed by atoms with van der Waals surface area (Å²) in [7, 11) is 0. The topological polar surface area (TPSA) is 86.5 Å². The highest BCUT2D eigenvalue weighted by atomic mass is 19.4. The minimum absolute atomic E-state index is 0.0692. The van der Waals surface area contributed by atoms with Crippen LogP contribution in [0, 0.1) is 0 Å². The summed E-state index contributed by atoms with van der Waals surface area (Å²) in [6.45, 7) is -0.656. The monoisotopic (exact) mass is 558 g/mol. The van der Waals surface area contributed by atoms with Crippen molar-refractivity contribution in [1.29, 1.82) is 0 Å². The molecule has 0 radical (unpaired) electrons. The molecule has 0 saturated carbocycles. The number of fused-ring (bicyclic) bond motifs is 2. The van der Waals surface area contributed by atoms with Gasteiger partial charge in [0.25, 0.3) is 0 Å². The van der Waals surface area contributed by atoms with Crippen molar-refractivity contribution < 1.29 is 35.8 Å². The Morgan fingerprint density at radius 2 is 1.75 bits per heavy atom. The highest BCUT2D eigenvalue weighted by Gasteiger charge is 2.44. The van der Waals surface area contributed by atoms with E-state index in [1.165, 1.54) is 41.3 Å². The lowest BCUT2D eigenvalue weighted by molar-refractivity contribution is -0.207. The van der Waals surface area contributed by atoms with E-state index in [4.69, 9.17) is 9.47 Å². The Kier molecular flexibility index (Phi) is 5.97. The molecular formula is C26H16F6N6O2. The number of hydrogen-bond acceptors (Lipinski definition) is 7. The predicted octanol–water partition coefficient (Wildman–Crippen LogP) is 6.32. The number of rotatable bonds is 4. The molecule has 2 aromatic carbocycles. The van der Waals surface area contributed by atoms with Crippen LogP contribution < -0.4 is 14.8 Å². The molecule has 14 heteroatoms. The van der Waals surface area contributed by atoms with E-state index in [9.17, 15) is 26.3 Å². The van der Waals surface area contributed by atoms with E-state index >= 15 is 0 Å². The standard InChI is InChI=1S/C26H16F6N6O2/c27-25(28,29)15-4-1-3-14(11-15)23-22(18-5-2-9-34-38(18)37-23)17-8-10-33-24(36-17)35-16-6-7-19-20(12-16)40-21(13-39-19)26(30,31)32/h1-12,21H,13H2,(H,33,35,36). The zero-order valence-corrected chi connectivity index (χ0v) is 20.0. The maximum absolute atomic E-state index is 13.4. The van der Waals surface area contributed by atoms with Crippen LogP contribution in [0.3, 0.4) is 0 Å². The van der Waals surface area contributed by atoms with Crippen molar-refractivity contribution in [3.63, 3.8) is 0 Å². The molecule has 0 aliphatic carbocycles. The molecular weight excluding hydrogens is 542 g/mol. The summed E-state index contributed by atoms with van der Waals surface area (Å²) in [6.07, 6.45) is -8.34. The van der Waals surface area contributed by atoms with Gasteiger partial charge in [-0.2, -0.15) is 36.1 Å². The summed E-state index contributed by atoms with van der Waals surface area (Å²) in [5, 5.41) is 11.5.